The van der Waals surface area contributed by atoms with Crippen LogP contribution >= 0.6 is 0 Å². The van der Waals surface area contributed by atoms with Crippen molar-refractivity contribution >= 4 is 5.97 Å². The number of aromatic nitrogens is 2. The molecule has 3 rings (SSSR count). The fraction of sp³-hybridized carbons (Fsp3) is 0.214. The molecular formula is C14H12N2O3. The van der Waals surface area contributed by atoms with Crippen molar-refractivity contribution in [1.82, 2.24) is 9.97 Å². The Kier molecular flexibility index (Phi) is 3.10. The SMILES string of the molecule is O=C(OCc1ccc2c(c1)CCO2)c1ccncn1. The highest BCUT2D eigenvalue weighted by Gasteiger charge is 2.13. The summed E-state index contributed by atoms with van der Waals surface area (Å²) in [6.07, 6.45) is 3.74. The normalized spacial score (nSPS) is 12.6. The Hall–Kier alpha value is -2.43. The van der Waals surface area contributed by atoms with E-state index in [9.17, 15) is 4.79 Å². The molecule has 0 unspecified atom stereocenters. The number of hydrogen-bond donors (Lipinski definition) is 0. The number of hydrogen-bond acceptors (Lipinski definition) is 5. The fourth-order valence-electron chi connectivity index (χ4n) is 1.96. The van der Waals surface area contributed by atoms with Gasteiger partial charge in [0.25, 0.3) is 0 Å². The molecule has 1 aromatic carbocycles. The number of rotatable bonds is 3. The maximum absolute atomic E-state index is 11.7. The first-order valence-electron chi connectivity index (χ1n) is 6.01. The molecule has 1 aromatic heterocycles. The summed E-state index contributed by atoms with van der Waals surface area (Å²) in [5.41, 5.74) is 2.38. The average Bonchev–Trinajstić information content (AvgIpc) is 2.93. The Morgan fingerprint density at radius 2 is 2.32 bits per heavy atom. The standard InChI is InChI=1S/C14H12N2O3/c17-14(12-3-5-15-9-16-12)19-8-10-1-2-13-11(7-10)4-6-18-13/h1-3,5,7,9H,4,6,8H2. The lowest BCUT2D eigenvalue weighted by atomic mass is 10.1. The number of fused-ring (bicyclic) bond motifs is 1. The van der Waals surface area contributed by atoms with Gasteiger partial charge in [0.1, 0.15) is 18.7 Å². The molecule has 2 heterocycles. The van der Waals surface area contributed by atoms with Crippen LogP contribution in [0.4, 0.5) is 0 Å². The van der Waals surface area contributed by atoms with E-state index in [0.29, 0.717) is 0 Å². The zero-order chi connectivity index (χ0) is 13.1. The third kappa shape index (κ3) is 2.54. The maximum Gasteiger partial charge on any atom is 0.357 e. The van der Waals surface area contributed by atoms with Gasteiger partial charge < -0.3 is 9.47 Å². The van der Waals surface area contributed by atoms with Crippen LogP contribution in [0.25, 0.3) is 0 Å². The van der Waals surface area contributed by atoms with E-state index in [4.69, 9.17) is 9.47 Å². The van der Waals surface area contributed by atoms with Gasteiger partial charge in [0.15, 0.2) is 5.69 Å². The monoisotopic (exact) mass is 256 g/mol. The van der Waals surface area contributed by atoms with Gasteiger partial charge in [-0.3, -0.25) is 0 Å². The molecule has 0 bridgehead atoms. The summed E-state index contributed by atoms with van der Waals surface area (Å²) in [4.78, 5) is 19.3. The summed E-state index contributed by atoms with van der Waals surface area (Å²) in [5.74, 6) is 0.477. The van der Waals surface area contributed by atoms with E-state index in [1.54, 1.807) is 0 Å². The first-order valence-corrected chi connectivity index (χ1v) is 6.01. The Bertz CT molecular complexity index is 599. The van der Waals surface area contributed by atoms with Crippen LogP contribution < -0.4 is 4.74 Å². The predicted octanol–water partition coefficient (Wildman–Crippen LogP) is 1.77. The lowest BCUT2D eigenvalue weighted by Crippen LogP contribution is -2.07. The van der Waals surface area contributed by atoms with Crippen molar-refractivity contribution < 1.29 is 14.3 Å². The number of esters is 1. The first-order chi connectivity index (χ1) is 9.33. The van der Waals surface area contributed by atoms with Crippen LogP contribution in [-0.2, 0) is 17.8 Å². The van der Waals surface area contributed by atoms with Gasteiger partial charge in [0.2, 0.25) is 0 Å². The highest BCUT2D eigenvalue weighted by Crippen LogP contribution is 2.26. The number of ether oxygens (including phenoxy) is 2. The van der Waals surface area contributed by atoms with Gasteiger partial charge in [-0.05, 0) is 29.3 Å². The van der Waals surface area contributed by atoms with Gasteiger partial charge in [-0.1, -0.05) is 6.07 Å². The third-order valence-corrected chi connectivity index (χ3v) is 2.91. The van der Waals surface area contributed by atoms with E-state index in [-0.39, 0.29) is 12.3 Å². The molecule has 19 heavy (non-hydrogen) atoms. The van der Waals surface area contributed by atoms with Crippen molar-refractivity contribution in [2.45, 2.75) is 13.0 Å². The van der Waals surface area contributed by atoms with E-state index in [1.807, 2.05) is 18.2 Å². The zero-order valence-electron chi connectivity index (χ0n) is 10.2. The number of carbonyl (C=O) groups excluding carboxylic acids is 1. The number of benzene rings is 1. The maximum atomic E-state index is 11.7. The topological polar surface area (TPSA) is 61.3 Å². The summed E-state index contributed by atoms with van der Waals surface area (Å²) in [5, 5.41) is 0. The van der Waals surface area contributed by atoms with Crippen molar-refractivity contribution in [1.29, 1.82) is 0 Å². The minimum absolute atomic E-state index is 0.232. The summed E-state index contributed by atoms with van der Waals surface area (Å²) in [7, 11) is 0. The van der Waals surface area contributed by atoms with E-state index < -0.39 is 5.97 Å². The van der Waals surface area contributed by atoms with E-state index >= 15 is 0 Å². The van der Waals surface area contributed by atoms with Gasteiger partial charge in [0.05, 0.1) is 6.61 Å². The highest BCUT2D eigenvalue weighted by molar-refractivity contribution is 5.86. The van der Waals surface area contributed by atoms with Crippen LogP contribution in [0, 0.1) is 0 Å². The molecule has 2 aromatic rings. The molecule has 0 aliphatic carbocycles. The third-order valence-electron chi connectivity index (χ3n) is 2.91. The van der Waals surface area contributed by atoms with Crippen molar-refractivity contribution in [2.24, 2.45) is 0 Å². The summed E-state index contributed by atoms with van der Waals surface area (Å²) in [6.45, 7) is 0.954. The van der Waals surface area contributed by atoms with Gasteiger partial charge in [-0.15, -0.1) is 0 Å². The van der Waals surface area contributed by atoms with Crippen molar-refractivity contribution in [3.8, 4) is 5.75 Å². The average molecular weight is 256 g/mol. The lowest BCUT2D eigenvalue weighted by molar-refractivity contribution is 0.0465. The summed E-state index contributed by atoms with van der Waals surface area (Å²) in [6, 6.07) is 7.35. The molecule has 5 heteroatoms. The minimum Gasteiger partial charge on any atom is -0.493 e. The summed E-state index contributed by atoms with van der Waals surface area (Å²) >= 11 is 0. The van der Waals surface area contributed by atoms with E-state index in [2.05, 4.69) is 9.97 Å². The molecule has 0 atom stereocenters. The molecule has 1 aliphatic rings. The molecule has 0 spiro atoms. The van der Waals surface area contributed by atoms with Crippen molar-refractivity contribution in [3.63, 3.8) is 0 Å². The second-order valence-electron chi connectivity index (χ2n) is 4.21. The molecule has 0 N–H and O–H groups in total. The zero-order valence-corrected chi connectivity index (χ0v) is 10.2. The molecule has 96 valence electrons. The second kappa shape index (κ2) is 5.06. The van der Waals surface area contributed by atoms with Gasteiger partial charge in [-0.2, -0.15) is 0 Å². The number of nitrogens with zero attached hydrogens (tertiary/aromatic N) is 2. The second-order valence-corrected chi connectivity index (χ2v) is 4.21. The van der Waals surface area contributed by atoms with Gasteiger partial charge in [-0.25, -0.2) is 14.8 Å². The Labute approximate surface area is 110 Å². The molecule has 0 radical (unpaired) electrons. The van der Waals surface area contributed by atoms with Crippen LogP contribution in [0.5, 0.6) is 5.75 Å². The lowest BCUT2D eigenvalue weighted by Gasteiger charge is -2.05. The van der Waals surface area contributed by atoms with Gasteiger partial charge in [0, 0.05) is 12.6 Å². The van der Waals surface area contributed by atoms with Crippen LogP contribution in [0.3, 0.4) is 0 Å². The van der Waals surface area contributed by atoms with Crippen LogP contribution in [0.15, 0.2) is 36.8 Å². The quantitative estimate of drug-likeness (QED) is 0.783. The molecule has 0 fully saturated rings. The molecule has 0 saturated heterocycles. The van der Waals surface area contributed by atoms with E-state index in [0.717, 1.165) is 29.9 Å². The Morgan fingerprint density at radius 1 is 1.37 bits per heavy atom. The fourth-order valence-corrected chi connectivity index (χ4v) is 1.96. The largest absolute Gasteiger partial charge is 0.493 e. The number of carbonyl (C=O) groups is 1. The minimum atomic E-state index is -0.445. The molecule has 5 nitrogen and oxygen atoms in total. The van der Waals surface area contributed by atoms with E-state index in [1.165, 1.54) is 18.6 Å². The highest BCUT2D eigenvalue weighted by atomic mass is 16.5. The van der Waals surface area contributed by atoms with Crippen molar-refractivity contribution in [2.75, 3.05) is 6.61 Å². The van der Waals surface area contributed by atoms with Crippen molar-refractivity contribution in [3.05, 3.63) is 53.6 Å². The van der Waals surface area contributed by atoms with Gasteiger partial charge >= 0.3 is 5.97 Å². The smallest absolute Gasteiger partial charge is 0.357 e. The van der Waals surface area contributed by atoms with Crippen LogP contribution in [-0.4, -0.2) is 22.5 Å². The molecule has 0 saturated carbocycles. The Balaban J connectivity index is 1.65. The first kappa shape index (κ1) is 11.6. The Morgan fingerprint density at radius 3 is 3.16 bits per heavy atom. The predicted molar refractivity (Wildman–Crippen MR) is 66.8 cm³/mol. The molecule has 1 aliphatic heterocycles. The van der Waals surface area contributed by atoms with Crippen LogP contribution in [0.2, 0.25) is 0 Å². The van der Waals surface area contributed by atoms with Crippen LogP contribution in [0.1, 0.15) is 21.6 Å². The summed E-state index contributed by atoms with van der Waals surface area (Å²) < 4.78 is 10.6. The molecular weight excluding hydrogens is 244 g/mol. The molecule has 0 amide bonds.